The Morgan fingerprint density at radius 2 is 2.08 bits per heavy atom. The molecule has 0 aliphatic carbocycles. The van der Waals surface area contributed by atoms with Gasteiger partial charge in [-0.2, -0.15) is 0 Å². The van der Waals surface area contributed by atoms with Gasteiger partial charge >= 0.3 is 0 Å². The third-order valence-corrected chi connectivity index (χ3v) is 4.81. The van der Waals surface area contributed by atoms with E-state index in [4.69, 9.17) is 4.74 Å². The largest absolute Gasteiger partial charge is 0.487 e. The molecule has 2 saturated heterocycles. The fourth-order valence-electron chi connectivity index (χ4n) is 3.62. The van der Waals surface area contributed by atoms with Gasteiger partial charge < -0.3 is 14.5 Å². The molecule has 1 aromatic heterocycles. The second-order valence-corrected chi connectivity index (χ2v) is 7.36. The van der Waals surface area contributed by atoms with Gasteiger partial charge in [0.05, 0.1) is 12.7 Å². The average Bonchev–Trinajstić information content (AvgIpc) is 3.24. The van der Waals surface area contributed by atoms with Crippen LogP contribution in [0, 0.1) is 5.92 Å². The van der Waals surface area contributed by atoms with Crippen LogP contribution in [0.2, 0.25) is 0 Å². The van der Waals surface area contributed by atoms with Crippen molar-refractivity contribution in [2.75, 3.05) is 19.6 Å². The summed E-state index contributed by atoms with van der Waals surface area (Å²) in [5.74, 6) is 1.07. The zero-order valence-corrected chi connectivity index (χ0v) is 15.1. The van der Waals surface area contributed by atoms with E-state index in [1.807, 2.05) is 30.9 Å². The molecule has 0 bridgehead atoms. The Morgan fingerprint density at radius 1 is 1.32 bits per heavy atom. The summed E-state index contributed by atoms with van der Waals surface area (Å²) in [6.45, 7) is 6.11. The van der Waals surface area contributed by atoms with Gasteiger partial charge in [-0.3, -0.25) is 14.6 Å². The lowest BCUT2D eigenvalue weighted by atomic mass is 10.1. The van der Waals surface area contributed by atoms with Crippen LogP contribution in [0.15, 0.2) is 24.5 Å². The highest BCUT2D eigenvalue weighted by atomic mass is 16.5. The van der Waals surface area contributed by atoms with Crippen LogP contribution in [0.25, 0.3) is 0 Å². The van der Waals surface area contributed by atoms with Crippen molar-refractivity contribution < 1.29 is 14.3 Å². The normalized spacial score (nSPS) is 23.3. The van der Waals surface area contributed by atoms with E-state index in [0.717, 1.165) is 25.9 Å². The number of ether oxygens (including phenoxy) is 1. The maximum Gasteiger partial charge on any atom is 0.245 e. The number of carbonyl (C=O) groups excluding carboxylic acids is 2. The number of carbonyl (C=O) groups is 2. The molecule has 6 heteroatoms. The summed E-state index contributed by atoms with van der Waals surface area (Å²) in [6.07, 6.45) is 6.30. The van der Waals surface area contributed by atoms with Crippen molar-refractivity contribution in [1.82, 2.24) is 14.8 Å². The summed E-state index contributed by atoms with van der Waals surface area (Å²) in [5, 5.41) is 0. The highest BCUT2D eigenvalue weighted by molar-refractivity contribution is 5.88. The number of amides is 2. The van der Waals surface area contributed by atoms with E-state index in [1.54, 1.807) is 17.3 Å². The van der Waals surface area contributed by atoms with Crippen molar-refractivity contribution in [1.29, 1.82) is 0 Å². The van der Waals surface area contributed by atoms with Gasteiger partial charge in [-0.1, -0.05) is 13.8 Å². The second-order valence-electron chi connectivity index (χ2n) is 7.36. The molecule has 2 aliphatic heterocycles. The molecule has 2 atom stereocenters. The van der Waals surface area contributed by atoms with E-state index in [2.05, 4.69) is 4.98 Å². The molecule has 25 heavy (non-hydrogen) atoms. The summed E-state index contributed by atoms with van der Waals surface area (Å²) in [4.78, 5) is 33.3. The highest BCUT2D eigenvalue weighted by Gasteiger charge is 2.42. The zero-order valence-electron chi connectivity index (χ0n) is 15.1. The fourth-order valence-corrected chi connectivity index (χ4v) is 3.62. The van der Waals surface area contributed by atoms with Crippen molar-refractivity contribution in [3.05, 3.63) is 24.5 Å². The van der Waals surface area contributed by atoms with E-state index >= 15 is 0 Å². The Balaban J connectivity index is 1.72. The fraction of sp³-hybridized carbons (Fsp3) is 0.632. The van der Waals surface area contributed by atoms with E-state index in [0.29, 0.717) is 25.1 Å². The van der Waals surface area contributed by atoms with Crippen molar-refractivity contribution in [3.63, 3.8) is 0 Å². The van der Waals surface area contributed by atoms with E-state index < -0.39 is 6.04 Å². The molecular weight excluding hydrogens is 318 g/mol. The van der Waals surface area contributed by atoms with Gasteiger partial charge in [0.25, 0.3) is 0 Å². The van der Waals surface area contributed by atoms with Crippen molar-refractivity contribution in [2.24, 2.45) is 5.92 Å². The maximum atomic E-state index is 12.9. The lowest BCUT2D eigenvalue weighted by molar-refractivity contribution is -0.143. The van der Waals surface area contributed by atoms with Crippen molar-refractivity contribution in [2.45, 2.75) is 51.7 Å². The summed E-state index contributed by atoms with van der Waals surface area (Å²) in [7, 11) is 0. The minimum Gasteiger partial charge on any atom is -0.487 e. The Bertz CT molecular complexity index is 599. The first kappa shape index (κ1) is 17.7. The van der Waals surface area contributed by atoms with Gasteiger partial charge in [-0.05, 0) is 30.9 Å². The van der Waals surface area contributed by atoms with Crippen LogP contribution in [0.1, 0.15) is 39.5 Å². The lowest BCUT2D eigenvalue weighted by Crippen LogP contribution is -2.47. The molecule has 0 N–H and O–H groups in total. The third-order valence-electron chi connectivity index (χ3n) is 4.81. The van der Waals surface area contributed by atoms with Gasteiger partial charge in [0.1, 0.15) is 17.9 Å². The van der Waals surface area contributed by atoms with Crippen molar-refractivity contribution >= 4 is 11.8 Å². The summed E-state index contributed by atoms with van der Waals surface area (Å²) in [5.41, 5.74) is 0. The molecule has 0 aromatic carbocycles. The first-order valence-electron chi connectivity index (χ1n) is 9.19. The number of rotatable bonds is 5. The Morgan fingerprint density at radius 3 is 2.72 bits per heavy atom. The topological polar surface area (TPSA) is 62.7 Å². The number of hydrogen-bond acceptors (Lipinski definition) is 4. The van der Waals surface area contributed by atoms with Crippen LogP contribution in [0.4, 0.5) is 0 Å². The average molecular weight is 345 g/mol. The van der Waals surface area contributed by atoms with Crippen LogP contribution < -0.4 is 4.74 Å². The number of pyridine rings is 1. The smallest absolute Gasteiger partial charge is 0.245 e. The number of hydrogen-bond donors (Lipinski definition) is 0. The van der Waals surface area contributed by atoms with E-state index in [1.165, 1.54) is 0 Å². The van der Waals surface area contributed by atoms with Gasteiger partial charge in [-0.15, -0.1) is 0 Å². The molecule has 0 spiro atoms. The van der Waals surface area contributed by atoms with Gasteiger partial charge in [0, 0.05) is 32.1 Å². The first-order chi connectivity index (χ1) is 12.0. The molecule has 2 aliphatic rings. The van der Waals surface area contributed by atoms with E-state index in [9.17, 15) is 9.59 Å². The standard InChI is InChI=1S/C19H27N3O3/c1-14(2)10-18(23)22-13-16(25-15-6-5-7-20-12-15)11-17(22)19(24)21-8-3-4-9-21/h5-7,12,14,16-17H,3-4,8-11,13H2,1-2H3/t16-,17-/m0/s1. The molecule has 2 fully saturated rings. The third kappa shape index (κ3) is 4.30. The van der Waals surface area contributed by atoms with Crippen LogP contribution in [-0.4, -0.2) is 58.4 Å². The molecule has 6 nitrogen and oxygen atoms in total. The van der Waals surface area contributed by atoms with Gasteiger partial charge in [0.2, 0.25) is 11.8 Å². The molecule has 1 aromatic rings. The summed E-state index contributed by atoms with van der Waals surface area (Å²) >= 11 is 0. The maximum absolute atomic E-state index is 12.9. The lowest BCUT2D eigenvalue weighted by Gasteiger charge is -2.27. The SMILES string of the molecule is CC(C)CC(=O)N1C[C@@H](Oc2cccnc2)C[C@H]1C(=O)N1CCCC1. The first-order valence-corrected chi connectivity index (χ1v) is 9.19. The predicted molar refractivity (Wildman–Crippen MR) is 94.0 cm³/mol. The van der Waals surface area contributed by atoms with Crippen LogP contribution in [0.5, 0.6) is 5.75 Å². The quantitative estimate of drug-likeness (QED) is 0.820. The number of nitrogens with zero attached hydrogens (tertiary/aromatic N) is 3. The molecule has 0 radical (unpaired) electrons. The monoisotopic (exact) mass is 345 g/mol. The van der Waals surface area contributed by atoms with Gasteiger partial charge in [-0.25, -0.2) is 0 Å². The summed E-state index contributed by atoms with van der Waals surface area (Å²) < 4.78 is 5.98. The highest BCUT2D eigenvalue weighted by Crippen LogP contribution is 2.26. The van der Waals surface area contributed by atoms with Crippen LogP contribution in [-0.2, 0) is 9.59 Å². The Hall–Kier alpha value is -2.11. The number of aromatic nitrogens is 1. The van der Waals surface area contributed by atoms with Crippen LogP contribution >= 0.6 is 0 Å². The molecular formula is C19H27N3O3. The zero-order chi connectivity index (χ0) is 17.8. The Labute approximate surface area is 149 Å². The predicted octanol–water partition coefficient (Wildman–Crippen LogP) is 2.10. The summed E-state index contributed by atoms with van der Waals surface area (Å²) in [6, 6.07) is 3.27. The molecule has 3 rings (SSSR count). The molecule has 0 saturated carbocycles. The Kier molecular flexibility index (Phi) is 5.56. The molecule has 3 heterocycles. The van der Waals surface area contributed by atoms with E-state index in [-0.39, 0.29) is 23.8 Å². The minimum atomic E-state index is -0.397. The van der Waals surface area contributed by atoms with Gasteiger partial charge in [0.15, 0.2) is 0 Å². The minimum absolute atomic E-state index is 0.0461. The van der Waals surface area contributed by atoms with Crippen molar-refractivity contribution in [3.8, 4) is 5.75 Å². The molecule has 2 amide bonds. The second kappa shape index (κ2) is 7.85. The molecule has 136 valence electrons. The number of likely N-dealkylation sites (tertiary alicyclic amines) is 2. The molecule has 0 unspecified atom stereocenters. The van der Waals surface area contributed by atoms with Crippen LogP contribution in [0.3, 0.4) is 0 Å².